The van der Waals surface area contributed by atoms with Gasteiger partial charge in [0.15, 0.2) is 0 Å². The van der Waals surface area contributed by atoms with Crippen LogP contribution in [-0.4, -0.2) is 16.8 Å². The van der Waals surface area contributed by atoms with Gasteiger partial charge in [-0.15, -0.1) is 0 Å². The van der Waals surface area contributed by atoms with Gasteiger partial charge in [0.1, 0.15) is 23.2 Å². The summed E-state index contributed by atoms with van der Waals surface area (Å²) in [6.07, 6.45) is 0. The molecule has 3 aromatic carbocycles. The predicted octanol–water partition coefficient (Wildman–Crippen LogP) is 5.80. The Morgan fingerprint density at radius 3 is 2.22 bits per heavy atom. The highest BCUT2D eigenvalue weighted by molar-refractivity contribution is 9.10. The number of halogens is 4. The molecule has 1 N–H and O–H groups in total. The normalized spacial score (nSPS) is 17.8. The van der Waals surface area contributed by atoms with Crippen LogP contribution in [0.3, 0.4) is 0 Å². The highest BCUT2D eigenvalue weighted by atomic mass is 79.9. The summed E-state index contributed by atoms with van der Waals surface area (Å²) in [4.78, 5) is 26.8. The smallest absolute Gasteiger partial charge is 0.300 e. The van der Waals surface area contributed by atoms with E-state index in [-0.39, 0.29) is 22.4 Å². The fraction of sp³-hybridized carbons (Fsp3) is 0.0833. The van der Waals surface area contributed by atoms with Gasteiger partial charge in [0.2, 0.25) is 0 Å². The second kappa shape index (κ2) is 8.27. The molecule has 1 amide bonds. The second-order valence-electron chi connectivity index (χ2n) is 7.28. The maximum Gasteiger partial charge on any atom is 0.300 e. The van der Waals surface area contributed by atoms with E-state index in [1.54, 1.807) is 25.1 Å². The molecule has 8 heteroatoms. The molecule has 0 aliphatic carbocycles. The first kappa shape index (κ1) is 21.8. The van der Waals surface area contributed by atoms with Crippen molar-refractivity contribution in [3.05, 3.63) is 105 Å². The largest absolute Gasteiger partial charge is 0.507 e. The molecular weight excluding hydrogens is 487 g/mol. The highest BCUT2D eigenvalue weighted by Gasteiger charge is 2.47. The van der Waals surface area contributed by atoms with Crippen LogP contribution in [0, 0.1) is 24.4 Å². The van der Waals surface area contributed by atoms with E-state index in [0.717, 1.165) is 39.2 Å². The topological polar surface area (TPSA) is 57.6 Å². The fourth-order valence-corrected chi connectivity index (χ4v) is 3.91. The standard InChI is InChI=1S/C24H15BrF3NO3/c1-12-10-14(4-8-17(12)25)22(30)20-21(13-2-5-15(26)6-3-13)29(24(32)23(20)31)19-9-7-16(27)11-18(19)28/h2-11,21,30H,1H3/b22-20+. The van der Waals surface area contributed by atoms with Gasteiger partial charge in [-0.05, 0) is 54.4 Å². The molecule has 1 atom stereocenters. The van der Waals surface area contributed by atoms with E-state index in [0.29, 0.717) is 6.07 Å². The minimum Gasteiger partial charge on any atom is -0.507 e. The Labute approximate surface area is 189 Å². The average molecular weight is 502 g/mol. The van der Waals surface area contributed by atoms with Crippen LogP contribution < -0.4 is 4.90 Å². The molecule has 1 aliphatic rings. The van der Waals surface area contributed by atoms with E-state index < -0.39 is 40.9 Å². The van der Waals surface area contributed by atoms with Crippen LogP contribution in [-0.2, 0) is 9.59 Å². The van der Waals surface area contributed by atoms with Crippen molar-refractivity contribution in [2.45, 2.75) is 13.0 Å². The van der Waals surface area contributed by atoms with E-state index in [4.69, 9.17) is 0 Å². The number of Topliss-reactive ketones (excluding diaryl/α,β-unsaturated/α-hetero) is 1. The number of hydrogen-bond acceptors (Lipinski definition) is 3. The van der Waals surface area contributed by atoms with Crippen molar-refractivity contribution in [2.24, 2.45) is 0 Å². The van der Waals surface area contributed by atoms with Crippen molar-refractivity contribution in [1.82, 2.24) is 0 Å². The van der Waals surface area contributed by atoms with E-state index in [9.17, 15) is 27.9 Å². The quantitative estimate of drug-likeness (QED) is 0.280. The molecule has 1 unspecified atom stereocenters. The lowest BCUT2D eigenvalue weighted by Gasteiger charge is -2.25. The maximum atomic E-state index is 14.6. The van der Waals surface area contributed by atoms with Gasteiger partial charge in [-0.1, -0.05) is 34.1 Å². The number of aliphatic hydroxyl groups excluding tert-OH is 1. The Kier molecular flexibility index (Phi) is 5.64. The van der Waals surface area contributed by atoms with Crippen LogP contribution in [0.1, 0.15) is 22.7 Å². The summed E-state index contributed by atoms with van der Waals surface area (Å²) < 4.78 is 42.4. The average Bonchev–Trinajstić information content (AvgIpc) is 3.01. The van der Waals surface area contributed by atoms with Crippen molar-refractivity contribution < 1.29 is 27.9 Å². The van der Waals surface area contributed by atoms with Crippen molar-refractivity contribution >= 4 is 39.1 Å². The van der Waals surface area contributed by atoms with Gasteiger partial charge in [0, 0.05) is 16.1 Å². The number of hydrogen-bond donors (Lipinski definition) is 1. The molecule has 32 heavy (non-hydrogen) atoms. The Bertz CT molecular complexity index is 1290. The Morgan fingerprint density at radius 2 is 1.59 bits per heavy atom. The van der Waals surface area contributed by atoms with Crippen molar-refractivity contribution in [3.63, 3.8) is 0 Å². The number of anilines is 1. The minimum atomic E-state index is -1.25. The fourth-order valence-electron chi connectivity index (χ4n) is 3.67. The Hall–Kier alpha value is -3.39. The summed E-state index contributed by atoms with van der Waals surface area (Å²) in [6.45, 7) is 1.78. The summed E-state index contributed by atoms with van der Waals surface area (Å²) in [7, 11) is 0. The molecule has 0 saturated carbocycles. The lowest BCUT2D eigenvalue weighted by molar-refractivity contribution is -0.132. The third-order valence-corrected chi connectivity index (χ3v) is 6.12. The molecule has 0 radical (unpaired) electrons. The van der Waals surface area contributed by atoms with Gasteiger partial charge >= 0.3 is 0 Å². The minimum absolute atomic E-state index is 0.268. The van der Waals surface area contributed by atoms with E-state index in [2.05, 4.69) is 15.9 Å². The number of carbonyl (C=O) groups is 2. The summed E-state index contributed by atoms with van der Waals surface area (Å²) in [6, 6.07) is 11.1. The van der Waals surface area contributed by atoms with Crippen LogP contribution in [0.4, 0.5) is 18.9 Å². The predicted molar refractivity (Wildman–Crippen MR) is 116 cm³/mol. The second-order valence-corrected chi connectivity index (χ2v) is 8.13. The Morgan fingerprint density at radius 1 is 0.938 bits per heavy atom. The molecule has 0 bridgehead atoms. The van der Waals surface area contributed by atoms with E-state index >= 15 is 0 Å². The number of benzene rings is 3. The summed E-state index contributed by atoms with van der Waals surface area (Å²) in [5.41, 5.74) is 0.687. The zero-order valence-electron chi connectivity index (χ0n) is 16.6. The zero-order valence-corrected chi connectivity index (χ0v) is 18.2. The molecule has 162 valence electrons. The molecule has 3 aromatic rings. The lowest BCUT2D eigenvalue weighted by atomic mass is 9.94. The van der Waals surface area contributed by atoms with Crippen molar-refractivity contribution in [3.8, 4) is 0 Å². The third-order valence-electron chi connectivity index (χ3n) is 5.23. The number of aryl methyl sites for hydroxylation is 1. The molecule has 1 heterocycles. The first-order valence-corrected chi connectivity index (χ1v) is 10.3. The SMILES string of the molecule is Cc1cc(/C(O)=C2\C(=O)C(=O)N(c3ccc(F)cc3F)C2c2ccc(F)cc2)ccc1Br. The van der Waals surface area contributed by atoms with E-state index in [1.807, 2.05) is 0 Å². The van der Waals surface area contributed by atoms with Crippen LogP contribution in [0.15, 0.2) is 70.7 Å². The lowest BCUT2D eigenvalue weighted by Crippen LogP contribution is -2.30. The first-order chi connectivity index (χ1) is 15.2. The van der Waals surface area contributed by atoms with Crippen molar-refractivity contribution in [2.75, 3.05) is 4.90 Å². The summed E-state index contributed by atoms with van der Waals surface area (Å²) in [5.74, 6) is -5.06. The Balaban J connectivity index is 1.97. The molecule has 1 saturated heterocycles. The van der Waals surface area contributed by atoms with Gasteiger partial charge in [0.25, 0.3) is 11.7 Å². The van der Waals surface area contributed by atoms with Crippen molar-refractivity contribution in [1.29, 1.82) is 0 Å². The molecule has 4 nitrogen and oxygen atoms in total. The van der Waals surface area contributed by atoms with Gasteiger partial charge in [0.05, 0.1) is 17.3 Å². The van der Waals surface area contributed by atoms with Crippen LogP contribution in [0.5, 0.6) is 0 Å². The molecule has 0 aromatic heterocycles. The van der Waals surface area contributed by atoms with Gasteiger partial charge in [-0.25, -0.2) is 13.2 Å². The summed E-state index contributed by atoms with van der Waals surface area (Å²) >= 11 is 3.36. The van der Waals surface area contributed by atoms with Crippen LogP contribution >= 0.6 is 15.9 Å². The number of amides is 1. The van der Waals surface area contributed by atoms with Gasteiger partial charge in [-0.2, -0.15) is 0 Å². The number of nitrogens with zero attached hydrogens (tertiary/aromatic N) is 1. The summed E-state index contributed by atoms with van der Waals surface area (Å²) in [5, 5.41) is 11.0. The monoisotopic (exact) mass is 501 g/mol. The number of rotatable bonds is 3. The number of aliphatic hydroxyl groups is 1. The highest BCUT2D eigenvalue weighted by Crippen LogP contribution is 2.43. The zero-order chi connectivity index (χ0) is 23.2. The number of carbonyl (C=O) groups excluding carboxylic acids is 2. The van der Waals surface area contributed by atoms with Gasteiger partial charge < -0.3 is 5.11 Å². The molecule has 1 fully saturated rings. The molecule has 0 spiro atoms. The van der Waals surface area contributed by atoms with Crippen LogP contribution in [0.25, 0.3) is 5.76 Å². The number of ketones is 1. The van der Waals surface area contributed by atoms with Gasteiger partial charge in [-0.3, -0.25) is 14.5 Å². The maximum absolute atomic E-state index is 14.6. The third kappa shape index (κ3) is 3.71. The van der Waals surface area contributed by atoms with Crippen LogP contribution in [0.2, 0.25) is 0 Å². The molecular formula is C24H15BrF3NO3. The van der Waals surface area contributed by atoms with E-state index in [1.165, 1.54) is 12.1 Å². The molecule has 1 aliphatic heterocycles. The molecule has 4 rings (SSSR count). The first-order valence-electron chi connectivity index (χ1n) is 9.47.